The molecule has 2 aromatic rings. The monoisotopic (exact) mass is 480 g/mol. The van der Waals surface area contributed by atoms with E-state index >= 15 is 0 Å². The summed E-state index contributed by atoms with van der Waals surface area (Å²) >= 11 is 1.48. The SMILES string of the molecule is CC1c2cc3c(cc2C2(CCCC2)CN1C(=O)C1CCN(C(=O)c2cccs2)CC1)OCCO3. The number of likely N-dealkylation sites (tertiary alicyclic amines) is 1. The largest absolute Gasteiger partial charge is 0.486 e. The molecular formula is C27H32N2O4S. The summed E-state index contributed by atoms with van der Waals surface area (Å²) in [4.78, 5) is 31.4. The van der Waals surface area contributed by atoms with Gasteiger partial charge in [0.25, 0.3) is 5.91 Å². The van der Waals surface area contributed by atoms with Crippen molar-refractivity contribution in [3.8, 4) is 11.5 Å². The molecule has 6 rings (SSSR count). The summed E-state index contributed by atoms with van der Waals surface area (Å²) in [5.41, 5.74) is 2.60. The van der Waals surface area contributed by atoms with Gasteiger partial charge < -0.3 is 19.3 Å². The van der Waals surface area contributed by atoms with Crippen molar-refractivity contribution in [2.75, 3.05) is 32.8 Å². The van der Waals surface area contributed by atoms with E-state index in [0.717, 1.165) is 48.6 Å². The predicted molar refractivity (Wildman–Crippen MR) is 131 cm³/mol. The first-order valence-corrected chi connectivity index (χ1v) is 13.5. The number of carbonyl (C=O) groups is 2. The van der Waals surface area contributed by atoms with E-state index < -0.39 is 0 Å². The molecule has 1 saturated carbocycles. The van der Waals surface area contributed by atoms with Gasteiger partial charge in [-0.3, -0.25) is 9.59 Å². The Morgan fingerprint density at radius 2 is 1.76 bits per heavy atom. The highest BCUT2D eigenvalue weighted by atomic mass is 32.1. The Hall–Kier alpha value is -2.54. The van der Waals surface area contributed by atoms with Gasteiger partial charge in [0.15, 0.2) is 11.5 Å². The lowest BCUT2D eigenvalue weighted by Gasteiger charge is -2.48. The van der Waals surface area contributed by atoms with Gasteiger partial charge in [0.1, 0.15) is 13.2 Å². The molecule has 6 nitrogen and oxygen atoms in total. The van der Waals surface area contributed by atoms with E-state index in [1.807, 2.05) is 22.4 Å². The minimum Gasteiger partial charge on any atom is -0.486 e. The molecule has 0 N–H and O–H groups in total. The lowest BCUT2D eigenvalue weighted by Crippen LogP contribution is -2.52. The zero-order valence-electron chi connectivity index (χ0n) is 19.8. The van der Waals surface area contributed by atoms with Crippen LogP contribution in [0, 0.1) is 5.92 Å². The molecule has 1 unspecified atom stereocenters. The zero-order valence-corrected chi connectivity index (χ0v) is 20.6. The number of rotatable bonds is 2. The van der Waals surface area contributed by atoms with Crippen molar-refractivity contribution >= 4 is 23.2 Å². The second-order valence-corrected chi connectivity index (χ2v) is 11.2. The summed E-state index contributed by atoms with van der Waals surface area (Å²) in [5, 5.41) is 1.94. The number of ether oxygens (including phenoxy) is 2. The highest BCUT2D eigenvalue weighted by molar-refractivity contribution is 7.12. The Labute approximate surface area is 204 Å². The van der Waals surface area contributed by atoms with Crippen LogP contribution in [0.15, 0.2) is 29.6 Å². The molecule has 1 aromatic carbocycles. The van der Waals surface area contributed by atoms with Crippen LogP contribution in [0.4, 0.5) is 0 Å². The summed E-state index contributed by atoms with van der Waals surface area (Å²) < 4.78 is 11.8. The fraction of sp³-hybridized carbons (Fsp3) is 0.556. The molecule has 0 bridgehead atoms. The Bertz CT molecular complexity index is 1080. The molecule has 1 spiro atoms. The number of benzene rings is 1. The maximum atomic E-state index is 13.9. The molecule has 2 fully saturated rings. The van der Waals surface area contributed by atoms with E-state index in [4.69, 9.17) is 9.47 Å². The highest BCUT2D eigenvalue weighted by Gasteiger charge is 2.47. The Kier molecular flexibility index (Phi) is 5.55. The molecule has 3 aliphatic heterocycles. The number of hydrogen-bond acceptors (Lipinski definition) is 5. The van der Waals surface area contributed by atoms with Crippen molar-refractivity contribution < 1.29 is 19.1 Å². The minimum atomic E-state index is -0.0213. The van der Waals surface area contributed by atoms with Crippen LogP contribution in [0.1, 0.15) is 72.3 Å². The topological polar surface area (TPSA) is 59.1 Å². The van der Waals surface area contributed by atoms with Crippen LogP contribution in [-0.2, 0) is 10.2 Å². The Morgan fingerprint density at radius 3 is 2.44 bits per heavy atom. The van der Waals surface area contributed by atoms with Gasteiger partial charge in [0, 0.05) is 31.0 Å². The first-order valence-electron chi connectivity index (χ1n) is 12.6. The predicted octanol–water partition coefficient (Wildman–Crippen LogP) is 4.79. The van der Waals surface area contributed by atoms with Crippen LogP contribution < -0.4 is 9.47 Å². The van der Waals surface area contributed by atoms with Crippen molar-refractivity contribution in [3.05, 3.63) is 45.6 Å². The summed E-state index contributed by atoms with van der Waals surface area (Å²) in [6.45, 7) is 5.40. The molecule has 7 heteroatoms. The number of fused-ring (bicyclic) bond motifs is 3. The third-order valence-corrected chi connectivity index (χ3v) is 9.24. The smallest absolute Gasteiger partial charge is 0.263 e. The van der Waals surface area contributed by atoms with Crippen molar-refractivity contribution in [2.24, 2.45) is 5.92 Å². The first kappa shape index (κ1) is 22.0. The van der Waals surface area contributed by atoms with Gasteiger partial charge >= 0.3 is 0 Å². The number of nitrogens with zero attached hydrogens (tertiary/aromatic N) is 2. The number of thiophene rings is 1. The maximum absolute atomic E-state index is 13.9. The molecule has 0 radical (unpaired) electrons. The van der Waals surface area contributed by atoms with Gasteiger partial charge in [-0.15, -0.1) is 11.3 Å². The van der Waals surface area contributed by atoms with E-state index in [0.29, 0.717) is 26.3 Å². The third kappa shape index (κ3) is 3.60. The molecule has 1 aromatic heterocycles. The Balaban J connectivity index is 1.23. The molecule has 1 saturated heterocycles. The highest BCUT2D eigenvalue weighted by Crippen LogP contribution is 2.52. The first-order chi connectivity index (χ1) is 16.6. The standard InChI is InChI=1S/C27H32N2O4S/c1-18-20-15-22-23(33-13-12-32-22)16-21(20)27(8-2-3-9-27)17-29(18)25(30)19-6-10-28(11-7-19)26(31)24-5-4-14-34-24/h4-5,14-16,18-19H,2-3,6-13,17H2,1H3. The molecule has 2 amide bonds. The van der Waals surface area contributed by atoms with Gasteiger partial charge in [-0.05, 0) is 67.3 Å². The summed E-state index contributed by atoms with van der Waals surface area (Å²) in [6, 6.07) is 8.15. The molecule has 4 aliphatic rings. The van der Waals surface area contributed by atoms with Gasteiger partial charge in [-0.1, -0.05) is 18.9 Å². The van der Waals surface area contributed by atoms with Crippen LogP contribution in [-0.4, -0.2) is 54.5 Å². The summed E-state index contributed by atoms with van der Waals surface area (Å²) in [7, 11) is 0. The molecule has 1 atom stereocenters. The second kappa shape index (κ2) is 8.59. The van der Waals surface area contributed by atoms with E-state index in [2.05, 4.69) is 24.0 Å². The Morgan fingerprint density at radius 1 is 1.06 bits per heavy atom. The van der Waals surface area contributed by atoms with Crippen LogP contribution in [0.5, 0.6) is 11.5 Å². The number of hydrogen-bond donors (Lipinski definition) is 0. The number of piperidine rings is 1. The molecule has 4 heterocycles. The average molecular weight is 481 g/mol. The van der Waals surface area contributed by atoms with Gasteiger partial charge in [-0.25, -0.2) is 0 Å². The van der Waals surface area contributed by atoms with Crippen molar-refractivity contribution in [1.29, 1.82) is 0 Å². The second-order valence-electron chi connectivity index (χ2n) is 10.3. The normalized spacial score (nSPS) is 23.7. The van der Waals surface area contributed by atoms with Gasteiger partial charge in [0.05, 0.1) is 10.9 Å². The average Bonchev–Trinajstić information content (AvgIpc) is 3.58. The fourth-order valence-electron chi connectivity index (χ4n) is 6.49. The van der Waals surface area contributed by atoms with Crippen LogP contribution in [0.25, 0.3) is 0 Å². The molecular weight excluding hydrogens is 448 g/mol. The van der Waals surface area contributed by atoms with E-state index in [1.54, 1.807) is 0 Å². The van der Waals surface area contributed by atoms with Crippen LogP contribution in [0.3, 0.4) is 0 Å². The minimum absolute atomic E-state index is 0.00957. The van der Waals surface area contributed by atoms with E-state index in [9.17, 15) is 9.59 Å². The van der Waals surface area contributed by atoms with Crippen LogP contribution in [0.2, 0.25) is 0 Å². The molecule has 1 aliphatic carbocycles. The van der Waals surface area contributed by atoms with Crippen molar-refractivity contribution in [3.63, 3.8) is 0 Å². The summed E-state index contributed by atoms with van der Waals surface area (Å²) in [6.07, 6.45) is 6.11. The van der Waals surface area contributed by atoms with Crippen LogP contribution >= 0.6 is 11.3 Å². The maximum Gasteiger partial charge on any atom is 0.263 e. The van der Waals surface area contributed by atoms with Crippen molar-refractivity contribution in [1.82, 2.24) is 9.80 Å². The third-order valence-electron chi connectivity index (χ3n) is 8.38. The van der Waals surface area contributed by atoms with E-state index in [-0.39, 0.29) is 29.2 Å². The molecule has 34 heavy (non-hydrogen) atoms. The lowest BCUT2D eigenvalue weighted by molar-refractivity contribution is -0.141. The lowest BCUT2D eigenvalue weighted by atomic mass is 9.71. The quantitative estimate of drug-likeness (QED) is 0.620. The zero-order chi connectivity index (χ0) is 23.3. The van der Waals surface area contributed by atoms with Crippen molar-refractivity contribution in [2.45, 2.75) is 56.9 Å². The molecule has 180 valence electrons. The number of carbonyl (C=O) groups excluding carboxylic acids is 2. The summed E-state index contributed by atoms with van der Waals surface area (Å²) in [5.74, 6) is 1.98. The number of amides is 2. The van der Waals surface area contributed by atoms with E-state index in [1.165, 1.54) is 35.3 Å². The van der Waals surface area contributed by atoms with Gasteiger partial charge in [-0.2, -0.15) is 0 Å². The fourth-order valence-corrected chi connectivity index (χ4v) is 7.18. The van der Waals surface area contributed by atoms with Gasteiger partial charge in [0.2, 0.25) is 5.91 Å².